The first-order valence-electron chi connectivity index (χ1n) is 6.72. The van der Waals surface area contributed by atoms with E-state index in [2.05, 4.69) is 10.3 Å². The fraction of sp³-hybridized carbons (Fsp3) is 0.188. The van der Waals surface area contributed by atoms with Crippen molar-refractivity contribution in [2.75, 3.05) is 11.1 Å². The van der Waals surface area contributed by atoms with Crippen LogP contribution in [0.3, 0.4) is 0 Å². The number of hydrogen-bond donors (Lipinski definition) is 2. The van der Waals surface area contributed by atoms with Gasteiger partial charge in [-0.25, -0.2) is 4.39 Å². The number of anilines is 2. The Kier molecular flexibility index (Phi) is 3.25. The van der Waals surface area contributed by atoms with Crippen molar-refractivity contribution >= 4 is 22.3 Å². The molecular formula is C16H16FN3O. The van der Waals surface area contributed by atoms with E-state index in [1.807, 2.05) is 32.0 Å². The fourth-order valence-electron chi connectivity index (χ4n) is 2.35. The van der Waals surface area contributed by atoms with Gasteiger partial charge in [-0.2, -0.15) is 0 Å². The second-order valence-corrected chi connectivity index (χ2v) is 5.04. The Bertz CT molecular complexity index is 797. The summed E-state index contributed by atoms with van der Waals surface area (Å²) in [6.07, 6.45) is 1.62. The lowest BCUT2D eigenvalue weighted by Crippen LogP contribution is -2.09. The lowest BCUT2D eigenvalue weighted by atomic mass is 10.1. The van der Waals surface area contributed by atoms with Crippen LogP contribution in [0.5, 0.6) is 0 Å². The molecule has 2 aromatic heterocycles. The highest BCUT2D eigenvalue weighted by atomic mass is 19.1. The number of nitrogen functional groups attached to an aromatic ring is 1. The van der Waals surface area contributed by atoms with Gasteiger partial charge in [-0.15, -0.1) is 0 Å². The summed E-state index contributed by atoms with van der Waals surface area (Å²) in [5.41, 5.74) is 7.08. The van der Waals surface area contributed by atoms with Gasteiger partial charge in [0, 0.05) is 17.3 Å². The summed E-state index contributed by atoms with van der Waals surface area (Å²) in [4.78, 5) is 4.24. The molecule has 3 N–H and O–H groups in total. The minimum Gasteiger partial charge on any atom is -0.464 e. The molecule has 5 heteroatoms. The molecule has 0 aliphatic heterocycles. The quantitative estimate of drug-likeness (QED) is 0.713. The molecule has 21 heavy (non-hydrogen) atoms. The molecule has 0 aliphatic carbocycles. The summed E-state index contributed by atoms with van der Waals surface area (Å²) in [6.45, 7) is 3.78. The van der Waals surface area contributed by atoms with Crippen LogP contribution < -0.4 is 11.1 Å². The van der Waals surface area contributed by atoms with Gasteiger partial charge in [-0.3, -0.25) is 4.98 Å². The van der Waals surface area contributed by atoms with Crippen molar-refractivity contribution in [1.29, 1.82) is 0 Å². The van der Waals surface area contributed by atoms with Crippen LogP contribution in [0.15, 0.2) is 40.9 Å². The number of furan rings is 1. The second-order valence-electron chi connectivity index (χ2n) is 5.04. The normalized spacial score (nSPS) is 12.5. The highest BCUT2D eigenvalue weighted by molar-refractivity contribution is 5.98. The van der Waals surface area contributed by atoms with Crippen LogP contribution in [-0.2, 0) is 0 Å². The van der Waals surface area contributed by atoms with Gasteiger partial charge in [-0.1, -0.05) is 0 Å². The maximum atomic E-state index is 14.2. The van der Waals surface area contributed by atoms with Crippen LogP contribution in [0, 0.1) is 12.7 Å². The monoisotopic (exact) mass is 285 g/mol. The Labute approximate surface area is 121 Å². The van der Waals surface area contributed by atoms with E-state index < -0.39 is 5.82 Å². The van der Waals surface area contributed by atoms with Crippen LogP contribution in [0.1, 0.15) is 24.5 Å². The van der Waals surface area contributed by atoms with Crippen LogP contribution in [0.25, 0.3) is 10.9 Å². The zero-order valence-corrected chi connectivity index (χ0v) is 11.9. The molecule has 0 saturated heterocycles. The van der Waals surface area contributed by atoms with Gasteiger partial charge in [0.1, 0.15) is 11.5 Å². The third kappa shape index (κ3) is 2.42. The summed E-state index contributed by atoms with van der Waals surface area (Å²) >= 11 is 0. The first kappa shape index (κ1) is 13.4. The number of nitrogens with one attached hydrogen (secondary N) is 1. The molecule has 0 fully saturated rings. The molecule has 0 radical (unpaired) electrons. The Morgan fingerprint density at radius 1 is 1.33 bits per heavy atom. The molecule has 0 amide bonds. The Morgan fingerprint density at radius 2 is 2.14 bits per heavy atom. The van der Waals surface area contributed by atoms with Gasteiger partial charge in [-0.05, 0) is 44.2 Å². The molecule has 0 spiro atoms. The average molecular weight is 285 g/mol. The van der Waals surface area contributed by atoms with E-state index in [0.717, 1.165) is 16.9 Å². The summed E-state index contributed by atoms with van der Waals surface area (Å²) in [7, 11) is 0. The minimum atomic E-state index is -0.422. The van der Waals surface area contributed by atoms with Crippen LogP contribution in [0.2, 0.25) is 0 Å². The third-order valence-corrected chi connectivity index (χ3v) is 3.43. The Hall–Kier alpha value is -2.56. The summed E-state index contributed by atoms with van der Waals surface area (Å²) in [5.74, 6) is 1.14. The highest BCUT2D eigenvalue weighted by Gasteiger charge is 2.16. The lowest BCUT2D eigenvalue weighted by Gasteiger charge is -2.16. The number of halogens is 1. The molecule has 0 aliphatic rings. The number of hydrogen-bond acceptors (Lipinski definition) is 4. The van der Waals surface area contributed by atoms with Crippen molar-refractivity contribution in [2.24, 2.45) is 0 Å². The van der Waals surface area contributed by atoms with Gasteiger partial charge >= 0.3 is 0 Å². The Morgan fingerprint density at radius 3 is 2.86 bits per heavy atom. The van der Waals surface area contributed by atoms with E-state index >= 15 is 0 Å². The molecule has 1 unspecified atom stereocenters. The van der Waals surface area contributed by atoms with Gasteiger partial charge in [0.15, 0.2) is 5.82 Å². The summed E-state index contributed by atoms with van der Waals surface area (Å²) in [5, 5.41) is 3.85. The van der Waals surface area contributed by atoms with Gasteiger partial charge in [0.2, 0.25) is 0 Å². The van der Waals surface area contributed by atoms with E-state index in [0.29, 0.717) is 16.9 Å². The predicted molar refractivity (Wildman–Crippen MR) is 81.6 cm³/mol. The number of nitrogens with two attached hydrogens (primary N) is 1. The maximum absolute atomic E-state index is 14.2. The van der Waals surface area contributed by atoms with Crippen molar-refractivity contribution in [3.63, 3.8) is 0 Å². The molecule has 4 nitrogen and oxygen atoms in total. The number of nitrogens with zero attached hydrogens (tertiary/aromatic N) is 1. The van der Waals surface area contributed by atoms with E-state index in [9.17, 15) is 4.39 Å². The first-order valence-corrected chi connectivity index (χ1v) is 6.72. The zero-order chi connectivity index (χ0) is 15.0. The van der Waals surface area contributed by atoms with Crippen molar-refractivity contribution < 1.29 is 8.81 Å². The van der Waals surface area contributed by atoms with E-state index in [1.165, 1.54) is 6.07 Å². The van der Waals surface area contributed by atoms with Gasteiger partial charge in [0.25, 0.3) is 0 Å². The SMILES string of the molecule is Cc1ccc(C(C)Nc2c(F)cc(N)c3cccnc23)o1. The topological polar surface area (TPSA) is 64.1 Å². The van der Waals surface area contributed by atoms with Crippen molar-refractivity contribution in [1.82, 2.24) is 4.98 Å². The number of benzene rings is 1. The molecule has 1 aromatic carbocycles. The molecule has 0 bridgehead atoms. The number of rotatable bonds is 3. The zero-order valence-electron chi connectivity index (χ0n) is 11.9. The van der Waals surface area contributed by atoms with E-state index in [4.69, 9.17) is 10.2 Å². The number of aromatic nitrogens is 1. The number of aryl methyl sites for hydroxylation is 1. The molecule has 2 heterocycles. The number of pyridine rings is 1. The van der Waals surface area contributed by atoms with Gasteiger partial charge < -0.3 is 15.5 Å². The molecule has 3 aromatic rings. The van der Waals surface area contributed by atoms with Crippen molar-refractivity contribution in [2.45, 2.75) is 19.9 Å². The van der Waals surface area contributed by atoms with E-state index in [-0.39, 0.29) is 6.04 Å². The molecular weight excluding hydrogens is 269 g/mol. The predicted octanol–water partition coefficient (Wildman–Crippen LogP) is 4.03. The minimum absolute atomic E-state index is 0.179. The van der Waals surface area contributed by atoms with Crippen molar-refractivity contribution in [3.05, 3.63) is 53.9 Å². The summed E-state index contributed by atoms with van der Waals surface area (Å²) in [6, 6.07) is 8.49. The summed E-state index contributed by atoms with van der Waals surface area (Å²) < 4.78 is 19.8. The fourth-order valence-corrected chi connectivity index (χ4v) is 2.35. The van der Waals surface area contributed by atoms with Gasteiger partial charge in [0.05, 0.1) is 17.2 Å². The largest absolute Gasteiger partial charge is 0.464 e. The molecule has 108 valence electrons. The lowest BCUT2D eigenvalue weighted by molar-refractivity contribution is 0.466. The average Bonchev–Trinajstić information content (AvgIpc) is 2.90. The Balaban J connectivity index is 2.04. The van der Waals surface area contributed by atoms with Crippen LogP contribution >= 0.6 is 0 Å². The number of fused-ring (bicyclic) bond motifs is 1. The standard InChI is InChI=1S/C16H16FN3O/c1-9-5-6-14(21-9)10(2)20-16-12(17)8-13(18)11-4-3-7-19-15(11)16/h3-8,10,20H,18H2,1-2H3. The van der Waals surface area contributed by atoms with E-state index in [1.54, 1.807) is 12.3 Å². The highest BCUT2D eigenvalue weighted by Crippen LogP contribution is 2.32. The second kappa shape index (κ2) is 5.09. The molecule has 3 rings (SSSR count). The van der Waals surface area contributed by atoms with Crippen LogP contribution in [-0.4, -0.2) is 4.98 Å². The van der Waals surface area contributed by atoms with Crippen LogP contribution in [0.4, 0.5) is 15.8 Å². The smallest absolute Gasteiger partial charge is 0.150 e. The third-order valence-electron chi connectivity index (χ3n) is 3.43. The molecule has 1 atom stereocenters. The maximum Gasteiger partial charge on any atom is 0.150 e. The van der Waals surface area contributed by atoms with Crippen molar-refractivity contribution in [3.8, 4) is 0 Å². The first-order chi connectivity index (χ1) is 10.1. The molecule has 0 saturated carbocycles.